The summed E-state index contributed by atoms with van der Waals surface area (Å²) in [4.78, 5) is 26.2. The zero-order valence-corrected chi connectivity index (χ0v) is 16.2. The number of aryl methyl sites for hydroxylation is 1. The Hall–Kier alpha value is -3.52. The van der Waals surface area contributed by atoms with Gasteiger partial charge in [0.05, 0.1) is 13.2 Å². The summed E-state index contributed by atoms with van der Waals surface area (Å²) in [6.07, 6.45) is 8.52. The number of aliphatic hydroxyl groups excluding tert-OH is 1. The van der Waals surface area contributed by atoms with E-state index >= 15 is 0 Å². The van der Waals surface area contributed by atoms with E-state index in [-0.39, 0.29) is 12.2 Å². The molecule has 0 saturated carbocycles. The maximum absolute atomic E-state index is 12.9. The number of hydrogen-bond donors (Lipinski definition) is 2. The quantitative estimate of drug-likeness (QED) is 0.653. The number of rotatable bonds is 5. The van der Waals surface area contributed by atoms with Crippen molar-refractivity contribution in [1.29, 1.82) is 0 Å². The third kappa shape index (κ3) is 3.50. The summed E-state index contributed by atoms with van der Waals surface area (Å²) in [5, 5.41) is 12.9. The van der Waals surface area contributed by atoms with E-state index in [0.717, 1.165) is 29.1 Å². The fourth-order valence-electron chi connectivity index (χ4n) is 3.37. The van der Waals surface area contributed by atoms with Crippen molar-refractivity contribution < 1.29 is 5.11 Å². The Morgan fingerprint density at radius 3 is 2.93 bits per heavy atom. The number of benzene rings is 1. The van der Waals surface area contributed by atoms with Gasteiger partial charge in [0.15, 0.2) is 5.65 Å². The molecule has 148 valence electrons. The Labute approximate surface area is 167 Å². The molecule has 0 radical (unpaired) electrons. The van der Waals surface area contributed by atoms with Crippen LogP contribution in [-0.2, 0) is 13.2 Å². The maximum atomic E-state index is 12.9. The Balaban J connectivity index is 1.81. The second kappa shape index (κ2) is 7.84. The number of nitrogens with one attached hydrogen (secondary N) is 1. The summed E-state index contributed by atoms with van der Waals surface area (Å²) < 4.78 is 3.34. The second-order valence-electron chi connectivity index (χ2n) is 6.81. The van der Waals surface area contributed by atoms with Gasteiger partial charge in [-0.05, 0) is 36.6 Å². The van der Waals surface area contributed by atoms with Crippen molar-refractivity contribution in [2.75, 3.05) is 5.32 Å². The molecule has 2 aromatic heterocycles. The lowest BCUT2D eigenvalue weighted by molar-refractivity contribution is 0.281. The molecular formula is C21H22N6O2. The lowest BCUT2D eigenvalue weighted by atomic mass is 10.1. The fraction of sp³-hybridized carbons (Fsp3) is 0.238. The molecule has 0 unspecified atom stereocenters. The summed E-state index contributed by atoms with van der Waals surface area (Å²) in [5.74, 6) is 1.14. The van der Waals surface area contributed by atoms with Crippen molar-refractivity contribution >= 4 is 28.5 Å². The Bertz CT molecular complexity index is 1200. The molecule has 8 heteroatoms. The van der Waals surface area contributed by atoms with Crippen LogP contribution in [-0.4, -0.2) is 30.3 Å². The van der Waals surface area contributed by atoms with Crippen LogP contribution >= 0.6 is 0 Å². The van der Waals surface area contributed by atoms with Crippen LogP contribution in [0.5, 0.6) is 0 Å². The summed E-state index contributed by atoms with van der Waals surface area (Å²) in [6.45, 7) is 6.03. The van der Waals surface area contributed by atoms with Gasteiger partial charge in [0.25, 0.3) is 5.56 Å². The van der Waals surface area contributed by atoms with Crippen LogP contribution in [0, 0.1) is 6.92 Å². The molecule has 0 amide bonds. The van der Waals surface area contributed by atoms with E-state index in [4.69, 9.17) is 0 Å². The van der Waals surface area contributed by atoms with E-state index in [2.05, 4.69) is 26.9 Å². The van der Waals surface area contributed by atoms with Gasteiger partial charge in [-0.3, -0.25) is 4.79 Å². The molecule has 1 aliphatic rings. The third-order valence-electron chi connectivity index (χ3n) is 4.85. The SMILES string of the molecule is C=CCn1c(=O)c2cnc(Nc3ccc(CO)c(C)c3)nc2n1C1=NC=CCC1. The van der Waals surface area contributed by atoms with Gasteiger partial charge < -0.3 is 10.4 Å². The topological polar surface area (TPSA) is 97.3 Å². The van der Waals surface area contributed by atoms with E-state index in [9.17, 15) is 9.90 Å². The molecular weight excluding hydrogens is 368 g/mol. The molecule has 2 N–H and O–H groups in total. The van der Waals surface area contributed by atoms with Crippen LogP contribution in [0.15, 0.2) is 59.1 Å². The molecule has 1 aliphatic heterocycles. The lowest BCUT2D eigenvalue weighted by Gasteiger charge is -2.14. The Kier molecular flexibility index (Phi) is 5.09. The van der Waals surface area contributed by atoms with Crippen LogP contribution in [0.3, 0.4) is 0 Å². The molecule has 0 aliphatic carbocycles. The van der Waals surface area contributed by atoms with E-state index in [0.29, 0.717) is 29.9 Å². The molecule has 0 spiro atoms. The van der Waals surface area contributed by atoms with Gasteiger partial charge in [-0.1, -0.05) is 18.2 Å². The van der Waals surface area contributed by atoms with Gasteiger partial charge in [0.2, 0.25) is 5.95 Å². The first-order chi connectivity index (χ1) is 14.1. The molecule has 1 aromatic carbocycles. The van der Waals surface area contributed by atoms with Crippen LogP contribution in [0.1, 0.15) is 24.0 Å². The minimum absolute atomic E-state index is 0.00573. The number of allylic oxidation sites excluding steroid dienone is 2. The highest BCUT2D eigenvalue weighted by Gasteiger charge is 2.19. The lowest BCUT2D eigenvalue weighted by Crippen LogP contribution is -2.28. The van der Waals surface area contributed by atoms with Crippen LogP contribution in [0.2, 0.25) is 0 Å². The minimum atomic E-state index is -0.174. The summed E-state index contributed by atoms with van der Waals surface area (Å²) >= 11 is 0. The van der Waals surface area contributed by atoms with Crippen molar-refractivity contribution in [2.45, 2.75) is 32.9 Å². The highest BCUT2D eigenvalue weighted by molar-refractivity contribution is 5.93. The molecule has 0 atom stereocenters. The zero-order valence-electron chi connectivity index (χ0n) is 16.2. The number of aromatic nitrogens is 4. The van der Waals surface area contributed by atoms with E-state index in [1.165, 1.54) is 6.20 Å². The number of hydrogen-bond acceptors (Lipinski definition) is 6. The number of aliphatic hydroxyl groups is 1. The van der Waals surface area contributed by atoms with E-state index in [1.807, 2.05) is 31.2 Å². The highest BCUT2D eigenvalue weighted by Crippen LogP contribution is 2.20. The van der Waals surface area contributed by atoms with Gasteiger partial charge in [-0.25, -0.2) is 19.3 Å². The van der Waals surface area contributed by atoms with Crippen LogP contribution in [0.25, 0.3) is 11.0 Å². The van der Waals surface area contributed by atoms with Crippen LogP contribution in [0.4, 0.5) is 11.6 Å². The number of anilines is 2. The minimum Gasteiger partial charge on any atom is -0.392 e. The largest absolute Gasteiger partial charge is 0.392 e. The van der Waals surface area contributed by atoms with Crippen LogP contribution < -0.4 is 10.9 Å². The number of fused-ring (bicyclic) bond motifs is 1. The Morgan fingerprint density at radius 2 is 2.24 bits per heavy atom. The molecule has 3 aromatic rings. The normalized spacial score (nSPS) is 13.5. The van der Waals surface area contributed by atoms with Crippen molar-refractivity contribution in [1.82, 2.24) is 19.3 Å². The van der Waals surface area contributed by atoms with Crippen molar-refractivity contribution in [3.8, 4) is 0 Å². The molecule has 3 heterocycles. The molecule has 8 nitrogen and oxygen atoms in total. The summed E-state index contributed by atoms with van der Waals surface area (Å²) in [5.41, 5.74) is 2.97. The fourth-order valence-corrected chi connectivity index (χ4v) is 3.37. The van der Waals surface area contributed by atoms with Gasteiger partial charge in [0, 0.05) is 24.5 Å². The van der Waals surface area contributed by atoms with Crippen molar-refractivity contribution in [2.24, 2.45) is 4.99 Å². The number of aliphatic imine (C=N–C) groups is 1. The predicted octanol–water partition coefficient (Wildman–Crippen LogP) is 2.88. The Morgan fingerprint density at radius 1 is 1.38 bits per heavy atom. The van der Waals surface area contributed by atoms with Crippen molar-refractivity contribution in [3.63, 3.8) is 0 Å². The molecule has 0 bridgehead atoms. The average Bonchev–Trinajstić information content (AvgIpc) is 3.00. The summed E-state index contributed by atoms with van der Waals surface area (Å²) in [7, 11) is 0. The van der Waals surface area contributed by atoms with Gasteiger partial charge in [-0.15, -0.1) is 6.58 Å². The first-order valence-corrected chi connectivity index (χ1v) is 9.41. The highest BCUT2D eigenvalue weighted by atomic mass is 16.3. The molecule has 0 saturated heterocycles. The maximum Gasteiger partial charge on any atom is 0.278 e. The standard InChI is InChI=1S/C21H22N6O2/c1-3-10-26-20(29)17-12-23-21(24-16-8-7-15(13-28)14(2)11-16)25-19(17)27(26)18-6-4-5-9-22-18/h3,5,7-9,11-12,28H,1,4,6,10,13H2,2H3,(H,23,24,25). The third-order valence-corrected chi connectivity index (χ3v) is 4.85. The molecule has 4 rings (SSSR count). The zero-order chi connectivity index (χ0) is 20.4. The van der Waals surface area contributed by atoms with E-state index in [1.54, 1.807) is 21.6 Å². The van der Waals surface area contributed by atoms with Gasteiger partial charge in [-0.2, -0.15) is 4.98 Å². The molecule has 0 fully saturated rings. The molecule has 29 heavy (non-hydrogen) atoms. The predicted molar refractivity (Wildman–Crippen MR) is 114 cm³/mol. The first-order valence-electron chi connectivity index (χ1n) is 9.41. The second-order valence-corrected chi connectivity index (χ2v) is 6.81. The van der Waals surface area contributed by atoms with Gasteiger partial charge in [0.1, 0.15) is 11.2 Å². The van der Waals surface area contributed by atoms with Crippen molar-refractivity contribution in [3.05, 3.63) is 70.8 Å². The van der Waals surface area contributed by atoms with Gasteiger partial charge >= 0.3 is 0 Å². The first kappa shape index (κ1) is 18.8. The van der Waals surface area contributed by atoms with E-state index < -0.39 is 0 Å². The smallest absolute Gasteiger partial charge is 0.278 e. The average molecular weight is 390 g/mol. The summed E-state index contributed by atoms with van der Waals surface area (Å²) in [6, 6.07) is 5.64. The monoisotopic (exact) mass is 390 g/mol. The number of nitrogens with zero attached hydrogens (tertiary/aromatic N) is 5.